The Morgan fingerprint density at radius 2 is 1.88 bits per heavy atom. The normalized spacial score (nSPS) is 9.59. The Hall–Kier alpha value is -2.24. The number of esters is 1. The zero-order valence-electron chi connectivity index (χ0n) is 9.76. The van der Waals surface area contributed by atoms with Crippen LogP contribution in [0.4, 0.5) is 10.5 Å². The first-order chi connectivity index (χ1) is 8.01. The number of benzene rings is 1. The predicted molar refractivity (Wildman–Crippen MR) is 60.3 cm³/mol. The second-order valence-electron chi connectivity index (χ2n) is 3.22. The second-order valence-corrected chi connectivity index (χ2v) is 3.22. The molecule has 92 valence electrons. The van der Waals surface area contributed by atoms with Crippen LogP contribution in [0.25, 0.3) is 0 Å². The van der Waals surface area contributed by atoms with Crippen LogP contribution < -0.4 is 4.90 Å². The van der Waals surface area contributed by atoms with Gasteiger partial charge in [-0.15, -0.1) is 0 Å². The van der Waals surface area contributed by atoms with Crippen molar-refractivity contribution in [3.8, 4) is 5.75 Å². The summed E-state index contributed by atoms with van der Waals surface area (Å²) in [5, 5.41) is 9.60. The van der Waals surface area contributed by atoms with Gasteiger partial charge in [-0.1, -0.05) is 0 Å². The second kappa shape index (κ2) is 5.20. The maximum Gasteiger partial charge on any atom is 0.413 e. The van der Waals surface area contributed by atoms with Gasteiger partial charge in [0, 0.05) is 7.05 Å². The summed E-state index contributed by atoms with van der Waals surface area (Å²) in [4.78, 5) is 23.7. The molecule has 0 aliphatic rings. The van der Waals surface area contributed by atoms with Crippen LogP contribution in [0.3, 0.4) is 0 Å². The lowest BCUT2D eigenvalue weighted by Crippen LogP contribution is -2.26. The minimum absolute atomic E-state index is 0.134. The topological polar surface area (TPSA) is 76.1 Å². The third kappa shape index (κ3) is 2.66. The van der Waals surface area contributed by atoms with Crippen LogP contribution in [0.5, 0.6) is 5.75 Å². The van der Waals surface area contributed by atoms with Crippen LogP contribution in [0, 0.1) is 0 Å². The molecule has 0 spiro atoms. The van der Waals surface area contributed by atoms with Gasteiger partial charge in [0.05, 0.1) is 25.5 Å². The molecule has 0 atom stereocenters. The summed E-state index contributed by atoms with van der Waals surface area (Å²) < 4.78 is 9.05. The van der Waals surface area contributed by atoms with Gasteiger partial charge in [-0.05, 0) is 18.2 Å². The van der Waals surface area contributed by atoms with E-state index in [0.29, 0.717) is 0 Å². The number of phenolic OH excluding ortho intramolecular Hbond substituents is 1. The molecule has 0 aliphatic carbocycles. The molecule has 6 nitrogen and oxygen atoms in total. The molecule has 1 amide bonds. The first-order valence-corrected chi connectivity index (χ1v) is 4.74. The Balaban J connectivity index is 3.14. The van der Waals surface area contributed by atoms with Crippen molar-refractivity contribution in [2.75, 3.05) is 26.2 Å². The van der Waals surface area contributed by atoms with Gasteiger partial charge in [0.1, 0.15) is 5.75 Å². The monoisotopic (exact) mass is 239 g/mol. The van der Waals surface area contributed by atoms with E-state index >= 15 is 0 Å². The summed E-state index contributed by atoms with van der Waals surface area (Å²) >= 11 is 0. The Bertz CT molecular complexity index is 443. The van der Waals surface area contributed by atoms with Crippen molar-refractivity contribution in [3.63, 3.8) is 0 Å². The smallest absolute Gasteiger partial charge is 0.413 e. The van der Waals surface area contributed by atoms with Crippen molar-refractivity contribution in [3.05, 3.63) is 23.8 Å². The minimum Gasteiger partial charge on any atom is -0.506 e. The third-order valence-corrected chi connectivity index (χ3v) is 2.21. The number of carbonyl (C=O) groups excluding carboxylic acids is 2. The molecule has 1 rings (SSSR count). The lowest BCUT2D eigenvalue weighted by Gasteiger charge is -2.17. The number of rotatable bonds is 2. The van der Waals surface area contributed by atoms with E-state index in [1.54, 1.807) is 0 Å². The highest BCUT2D eigenvalue weighted by Crippen LogP contribution is 2.28. The molecule has 6 heteroatoms. The maximum atomic E-state index is 11.3. The van der Waals surface area contributed by atoms with Crippen LogP contribution in [0.2, 0.25) is 0 Å². The van der Waals surface area contributed by atoms with E-state index in [2.05, 4.69) is 9.47 Å². The molecular formula is C11H13NO5. The number of hydrogen-bond acceptors (Lipinski definition) is 5. The fraction of sp³-hybridized carbons (Fsp3) is 0.273. The first kappa shape index (κ1) is 12.8. The molecule has 0 aromatic heterocycles. The molecule has 1 aromatic carbocycles. The van der Waals surface area contributed by atoms with Crippen molar-refractivity contribution in [1.29, 1.82) is 0 Å². The molecule has 17 heavy (non-hydrogen) atoms. The zero-order chi connectivity index (χ0) is 13.0. The number of anilines is 1. The van der Waals surface area contributed by atoms with Crippen LogP contribution >= 0.6 is 0 Å². The SMILES string of the molecule is COC(=O)c1ccc(O)c(N(C)C(=O)OC)c1. The summed E-state index contributed by atoms with van der Waals surface area (Å²) in [6.45, 7) is 0. The highest BCUT2D eigenvalue weighted by atomic mass is 16.5. The number of nitrogens with zero attached hydrogens (tertiary/aromatic N) is 1. The van der Waals surface area contributed by atoms with Gasteiger partial charge < -0.3 is 14.6 Å². The van der Waals surface area contributed by atoms with Crippen molar-refractivity contribution in [1.82, 2.24) is 0 Å². The minimum atomic E-state index is -0.651. The lowest BCUT2D eigenvalue weighted by molar-refractivity contribution is 0.0600. The fourth-order valence-corrected chi connectivity index (χ4v) is 1.27. The summed E-state index contributed by atoms with van der Waals surface area (Å²) in [6.07, 6.45) is -0.651. The summed E-state index contributed by atoms with van der Waals surface area (Å²) in [6, 6.07) is 4.05. The molecule has 0 aliphatic heterocycles. The number of phenols is 1. The molecule has 0 saturated heterocycles. The largest absolute Gasteiger partial charge is 0.506 e. The number of ether oxygens (including phenoxy) is 2. The van der Waals surface area contributed by atoms with E-state index in [9.17, 15) is 14.7 Å². The number of aromatic hydroxyl groups is 1. The summed E-state index contributed by atoms with van der Waals surface area (Å²) in [7, 11) is 3.89. The Morgan fingerprint density at radius 3 is 2.41 bits per heavy atom. The standard InChI is InChI=1S/C11H13NO5/c1-12(11(15)17-3)8-6-7(10(14)16-2)4-5-9(8)13/h4-6,13H,1-3H3. The molecule has 1 aromatic rings. The molecule has 0 saturated carbocycles. The summed E-state index contributed by atoms with van der Waals surface area (Å²) in [5.74, 6) is -0.685. The van der Waals surface area contributed by atoms with Crippen molar-refractivity contribution in [2.24, 2.45) is 0 Å². The highest BCUT2D eigenvalue weighted by molar-refractivity contribution is 5.94. The fourth-order valence-electron chi connectivity index (χ4n) is 1.27. The number of methoxy groups -OCH3 is 2. The zero-order valence-corrected chi connectivity index (χ0v) is 9.76. The number of hydrogen-bond donors (Lipinski definition) is 1. The average Bonchev–Trinajstić information content (AvgIpc) is 2.36. The first-order valence-electron chi connectivity index (χ1n) is 4.74. The summed E-state index contributed by atoms with van der Waals surface area (Å²) in [5.41, 5.74) is 0.399. The van der Waals surface area contributed by atoms with Crippen LogP contribution in [0.1, 0.15) is 10.4 Å². The van der Waals surface area contributed by atoms with Crippen LogP contribution in [-0.4, -0.2) is 38.4 Å². The predicted octanol–water partition coefficient (Wildman–Crippen LogP) is 1.38. The molecule has 0 unspecified atom stereocenters. The molecule has 0 fully saturated rings. The van der Waals surface area contributed by atoms with Crippen molar-refractivity contribution < 1.29 is 24.2 Å². The van der Waals surface area contributed by atoms with E-state index in [-0.39, 0.29) is 17.0 Å². The van der Waals surface area contributed by atoms with E-state index in [4.69, 9.17) is 0 Å². The molecule has 0 heterocycles. The van der Waals surface area contributed by atoms with Gasteiger partial charge in [0.25, 0.3) is 0 Å². The van der Waals surface area contributed by atoms with Gasteiger partial charge in [0.15, 0.2) is 0 Å². The van der Waals surface area contributed by atoms with Gasteiger partial charge in [-0.2, -0.15) is 0 Å². The van der Waals surface area contributed by atoms with Gasteiger partial charge in [0.2, 0.25) is 0 Å². The molecule has 0 bridgehead atoms. The highest BCUT2D eigenvalue weighted by Gasteiger charge is 2.17. The quantitative estimate of drug-likeness (QED) is 0.789. The van der Waals surface area contributed by atoms with E-state index in [1.807, 2.05) is 0 Å². The van der Waals surface area contributed by atoms with Crippen molar-refractivity contribution >= 4 is 17.7 Å². The molecular weight excluding hydrogens is 226 g/mol. The average molecular weight is 239 g/mol. The van der Waals surface area contributed by atoms with Gasteiger partial charge in [-0.3, -0.25) is 4.90 Å². The number of carbonyl (C=O) groups is 2. The molecule has 1 N–H and O–H groups in total. The van der Waals surface area contributed by atoms with Gasteiger partial charge >= 0.3 is 12.1 Å². The van der Waals surface area contributed by atoms with Gasteiger partial charge in [-0.25, -0.2) is 9.59 Å². The molecule has 0 radical (unpaired) electrons. The van der Waals surface area contributed by atoms with Crippen LogP contribution in [-0.2, 0) is 9.47 Å². The Kier molecular flexibility index (Phi) is 3.92. The van der Waals surface area contributed by atoms with E-state index in [1.165, 1.54) is 39.5 Å². The lowest BCUT2D eigenvalue weighted by atomic mass is 10.2. The maximum absolute atomic E-state index is 11.3. The van der Waals surface area contributed by atoms with E-state index in [0.717, 1.165) is 4.90 Å². The van der Waals surface area contributed by atoms with Crippen molar-refractivity contribution in [2.45, 2.75) is 0 Å². The Morgan fingerprint density at radius 1 is 1.24 bits per heavy atom. The van der Waals surface area contributed by atoms with E-state index < -0.39 is 12.1 Å². The number of amides is 1. The Labute approximate surface area is 98.4 Å². The third-order valence-electron chi connectivity index (χ3n) is 2.21. The van der Waals surface area contributed by atoms with Crippen LogP contribution in [0.15, 0.2) is 18.2 Å².